The van der Waals surface area contributed by atoms with Crippen LogP contribution in [0.3, 0.4) is 0 Å². The lowest BCUT2D eigenvalue weighted by molar-refractivity contribution is -0.0498. The normalized spacial score (nSPS) is 11.3. The first kappa shape index (κ1) is 18.0. The van der Waals surface area contributed by atoms with E-state index < -0.39 is 6.61 Å². The fraction of sp³-hybridized carbons (Fsp3) is 0.500. The van der Waals surface area contributed by atoms with Gasteiger partial charge >= 0.3 is 6.61 Å². The van der Waals surface area contributed by atoms with E-state index in [4.69, 9.17) is 16.9 Å². The highest BCUT2D eigenvalue weighted by Crippen LogP contribution is 2.38. The second-order valence-electron chi connectivity index (χ2n) is 5.32. The van der Waals surface area contributed by atoms with Crippen LogP contribution in [0, 0.1) is 16.7 Å². The summed E-state index contributed by atoms with van der Waals surface area (Å²) in [5.41, 5.74) is 0.229. The number of nitriles is 1. The summed E-state index contributed by atoms with van der Waals surface area (Å²) < 4.78 is 29.8. The Balaban J connectivity index is 2.89. The van der Waals surface area contributed by atoms with Crippen molar-refractivity contribution in [1.29, 1.82) is 5.26 Å². The summed E-state index contributed by atoms with van der Waals surface area (Å²) in [6.45, 7) is 1.56. The van der Waals surface area contributed by atoms with Crippen molar-refractivity contribution in [2.24, 2.45) is 5.41 Å². The predicted octanol–water partition coefficient (Wildman–Crippen LogP) is 5.45. The van der Waals surface area contributed by atoms with Gasteiger partial charge in [-0.1, -0.05) is 25.4 Å². The number of alkyl halides is 2. The average Bonchev–Trinajstić information content (AvgIpc) is 2.37. The molecule has 0 spiro atoms. The number of rotatable bonds is 7. The number of nitrogens with zero attached hydrogens (tertiary/aromatic N) is 1. The van der Waals surface area contributed by atoms with Crippen LogP contribution >= 0.6 is 27.5 Å². The molecular formula is C14H16BrClF2N2O. The fourth-order valence-electron chi connectivity index (χ4n) is 1.72. The third-order valence-corrected chi connectivity index (χ3v) is 3.69. The van der Waals surface area contributed by atoms with Crippen LogP contribution in [0.1, 0.15) is 26.7 Å². The summed E-state index contributed by atoms with van der Waals surface area (Å²) >= 11 is 9.10. The van der Waals surface area contributed by atoms with E-state index in [0.717, 1.165) is 0 Å². The van der Waals surface area contributed by atoms with Gasteiger partial charge < -0.3 is 10.1 Å². The summed E-state index contributed by atoms with van der Waals surface area (Å²) in [5.74, 6) is 0.0190. The molecule has 0 radical (unpaired) electrons. The van der Waals surface area contributed by atoms with Crippen molar-refractivity contribution in [2.75, 3.05) is 11.9 Å². The zero-order valence-corrected chi connectivity index (χ0v) is 14.1. The van der Waals surface area contributed by atoms with Gasteiger partial charge in [-0.15, -0.1) is 0 Å². The Kier molecular flexibility index (Phi) is 6.69. The molecule has 0 heterocycles. The van der Waals surface area contributed by atoms with Crippen LogP contribution in [0.4, 0.5) is 14.5 Å². The first-order valence-corrected chi connectivity index (χ1v) is 7.47. The zero-order valence-electron chi connectivity index (χ0n) is 11.7. The first-order valence-electron chi connectivity index (χ1n) is 6.30. The minimum absolute atomic E-state index is 0.0190. The Morgan fingerprint density at radius 3 is 2.71 bits per heavy atom. The van der Waals surface area contributed by atoms with Crippen LogP contribution in [-0.4, -0.2) is 13.2 Å². The van der Waals surface area contributed by atoms with Crippen LogP contribution in [0.5, 0.6) is 5.75 Å². The van der Waals surface area contributed by atoms with E-state index in [1.165, 1.54) is 12.1 Å². The second kappa shape index (κ2) is 7.81. The predicted molar refractivity (Wildman–Crippen MR) is 82.9 cm³/mol. The molecular weight excluding hydrogens is 366 g/mol. The van der Waals surface area contributed by atoms with Gasteiger partial charge in [0, 0.05) is 18.0 Å². The maximum atomic E-state index is 12.5. The second-order valence-corrected chi connectivity index (χ2v) is 6.61. The Bertz CT molecular complexity index is 532. The van der Waals surface area contributed by atoms with Gasteiger partial charge in [-0.25, -0.2) is 0 Å². The Morgan fingerprint density at radius 1 is 1.48 bits per heavy atom. The van der Waals surface area contributed by atoms with Crippen molar-refractivity contribution in [3.63, 3.8) is 0 Å². The molecule has 116 valence electrons. The monoisotopic (exact) mass is 380 g/mol. The van der Waals surface area contributed by atoms with Crippen molar-refractivity contribution >= 4 is 33.2 Å². The Labute approximate surface area is 136 Å². The van der Waals surface area contributed by atoms with E-state index in [-0.39, 0.29) is 11.2 Å². The van der Waals surface area contributed by atoms with E-state index >= 15 is 0 Å². The highest BCUT2D eigenvalue weighted by atomic mass is 79.9. The lowest BCUT2D eigenvalue weighted by Gasteiger charge is -2.25. The molecule has 0 bridgehead atoms. The van der Waals surface area contributed by atoms with E-state index in [1.807, 2.05) is 13.8 Å². The van der Waals surface area contributed by atoms with Crippen LogP contribution in [0.15, 0.2) is 16.6 Å². The van der Waals surface area contributed by atoms with Crippen molar-refractivity contribution < 1.29 is 13.5 Å². The SMILES string of the molecule is CC(C)(CCC#N)CNc1cc(Cl)cc(Br)c1OC(F)F. The maximum Gasteiger partial charge on any atom is 0.387 e. The third kappa shape index (κ3) is 6.06. The van der Waals surface area contributed by atoms with Crippen LogP contribution in [-0.2, 0) is 0 Å². The molecule has 21 heavy (non-hydrogen) atoms. The molecule has 1 aromatic rings. The topological polar surface area (TPSA) is 45.0 Å². The highest BCUT2D eigenvalue weighted by molar-refractivity contribution is 9.10. The number of halogens is 4. The molecule has 0 fully saturated rings. The third-order valence-electron chi connectivity index (χ3n) is 2.89. The van der Waals surface area contributed by atoms with Crippen molar-refractivity contribution in [1.82, 2.24) is 0 Å². The molecule has 1 aromatic carbocycles. The van der Waals surface area contributed by atoms with Gasteiger partial charge in [0.1, 0.15) is 0 Å². The van der Waals surface area contributed by atoms with E-state index in [9.17, 15) is 8.78 Å². The van der Waals surface area contributed by atoms with Gasteiger partial charge in [-0.3, -0.25) is 0 Å². The molecule has 0 aliphatic heterocycles. The maximum absolute atomic E-state index is 12.5. The van der Waals surface area contributed by atoms with Gasteiger partial charge in [0.2, 0.25) is 0 Å². The van der Waals surface area contributed by atoms with Gasteiger partial charge in [0.15, 0.2) is 5.75 Å². The standard InChI is InChI=1S/C14H16BrClF2N2O/c1-14(2,4-3-5-19)8-20-11-7-9(16)6-10(15)12(11)21-13(17)18/h6-7,13,20H,3-4,8H2,1-2H3. The van der Waals surface area contributed by atoms with Gasteiger partial charge in [0.05, 0.1) is 16.2 Å². The van der Waals surface area contributed by atoms with Crippen LogP contribution in [0.2, 0.25) is 5.02 Å². The lowest BCUT2D eigenvalue weighted by Crippen LogP contribution is -2.23. The van der Waals surface area contributed by atoms with Crippen LogP contribution in [0.25, 0.3) is 0 Å². The quantitative estimate of drug-likeness (QED) is 0.683. The molecule has 0 aliphatic rings. The minimum atomic E-state index is -2.92. The largest absolute Gasteiger partial charge is 0.431 e. The number of anilines is 1. The van der Waals surface area contributed by atoms with Crippen LogP contribution < -0.4 is 10.1 Å². The minimum Gasteiger partial charge on any atom is -0.431 e. The van der Waals surface area contributed by atoms with E-state index in [2.05, 4.69) is 32.1 Å². The van der Waals surface area contributed by atoms with Crippen molar-refractivity contribution in [3.8, 4) is 11.8 Å². The van der Waals surface area contributed by atoms with E-state index in [1.54, 1.807) is 0 Å². The molecule has 0 saturated heterocycles. The molecule has 0 aromatic heterocycles. The molecule has 1 rings (SSSR count). The molecule has 0 atom stereocenters. The smallest absolute Gasteiger partial charge is 0.387 e. The number of hydrogen-bond acceptors (Lipinski definition) is 3. The summed E-state index contributed by atoms with van der Waals surface area (Å²) in [7, 11) is 0. The van der Waals surface area contributed by atoms with Gasteiger partial charge in [-0.05, 0) is 39.9 Å². The molecule has 0 amide bonds. The number of ether oxygens (including phenoxy) is 1. The number of nitrogens with one attached hydrogen (secondary N) is 1. The highest BCUT2D eigenvalue weighted by Gasteiger charge is 2.20. The Morgan fingerprint density at radius 2 is 2.14 bits per heavy atom. The van der Waals surface area contributed by atoms with Gasteiger partial charge in [-0.2, -0.15) is 14.0 Å². The number of hydrogen-bond donors (Lipinski definition) is 1. The molecule has 3 nitrogen and oxygen atoms in total. The molecule has 1 N–H and O–H groups in total. The van der Waals surface area contributed by atoms with Crippen molar-refractivity contribution in [2.45, 2.75) is 33.3 Å². The zero-order chi connectivity index (χ0) is 16.0. The van der Waals surface area contributed by atoms with E-state index in [0.29, 0.717) is 34.6 Å². The first-order chi connectivity index (χ1) is 9.75. The lowest BCUT2D eigenvalue weighted by atomic mass is 9.88. The molecule has 0 unspecified atom stereocenters. The average molecular weight is 382 g/mol. The summed E-state index contributed by atoms with van der Waals surface area (Å²) in [6, 6.07) is 5.12. The molecule has 7 heteroatoms. The number of benzene rings is 1. The molecule has 0 aliphatic carbocycles. The summed E-state index contributed by atoms with van der Waals surface area (Å²) in [4.78, 5) is 0. The summed E-state index contributed by atoms with van der Waals surface area (Å²) in [5, 5.41) is 12.1. The van der Waals surface area contributed by atoms with Gasteiger partial charge in [0.25, 0.3) is 0 Å². The van der Waals surface area contributed by atoms with Crippen molar-refractivity contribution in [3.05, 3.63) is 21.6 Å². The Hall–Kier alpha value is -1.06. The molecule has 0 saturated carbocycles. The fourth-order valence-corrected chi connectivity index (χ4v) is 2.62. The summed E-state index contributed by atoms with van der Waals surface area (Å²) in [6.07, 6.45) is 1.14.